The van der Waals surface area contributed by atoms with Crippen molar-refractivity contribution in [3.63, 3.8) is 0 Å². The molecule has 1 aromatic heterocycles. The molecule has 0 aromatic carbocycles. The first-order valence-electron chi connectivity index (χ1n) is 5.14. The van der Waals surface area contributed by atoms with Crippen molar-refractivity contribution in [1.29, 1.82) is 5.26 Å². The molecule has 84 valence electrons. The van der Waals surface area contributed by atoms with Crippen LogP contribution in [0.15, 0.2) is 12.1 Å². The Morgan fingerprint density at radius 3 is 3.06 bits per heavy atom. The van der Waals surface area contributed by atoms with Crippen molar-refractivity contribution in [2.75, 3.05) is 18.0 Å². The fraction of sp³-hybridized carbons (Fsp3) is 0.455. The van der Waals surface area contributed by atoms with Crippen molar-refractivity contribution >= 4 is 5.82 Å². The van der Waals surface area contributed by atoms with Gasteiger partial charge in [0, 0.05) is 18.8 Å². The van der Waals surface area contributed by atoms with Gasteiger partial charge in [-0.3, -0.25) is 0 Å². The van der Waals surface area contributed by atoms with Gasteiger partial charge >= 0.3 is 0 Å². The van der Waals surface area contributed by atoms with Gasteiger partial charge in [-0.25, -0.2) is 4.98 Å². The zero-order chi connectivity index (χ0) is 11.5. The topological polar surface area (TPSA) is 49.2 Å². The first-order chi connectivity index (χ1) is 7.74. The molecule has 0 aliphatic carbocycles. The van der Waals surface area contributed by atoms with Crippen molar-refractivity contribution in [2.45, 2.75) is 19.4 Å². The molecule has 1 atom stereocenters. The van der Waals surface area contributed by atoms with Gasteiger partial charge in [-0.2, -0.15) is 10.2 Å². The second-order valence-electron chi connectivity index (χ2n) is 3.88. The van der Waals surface area contributed by atoms with Gasteiger partial charge in [-0.15, -0.1) is 0 Å². The molecule has 0 saturated carbocycles. The highest BCUT2D eigenvalue weighted by Crippen LogP contribution is 2.23. The Labute approximate surface area is 93.2 Å². The van der Waals surface area contributed by atoms with Crippen LogP contribution in [-0.2, 0) is 4.94 Å². The van der Waals surface area contributed by atoms with Crippen molar-refractivity contribution in [3.05, 3.63) is 23.4 Å². The molecule has 0 spiro atoms. The van der Waals surface area contributed by atoms with Crippen LogP contribution in [0.1, 0.15) is 17.7 Å². The summed E-state index contributed by atoms with van der Waals surface area (Å²) in [6, 6.07) is 5.62. The van der Waals surface area contributed by atoms with Gasteiger partial charge in [0.2, 0.25) is 0 Å². The third-order valence-corrected chi connectivity index (χ3v) is 2.71. The minimum Gasteiger partial charge on any atom is -0.353 e. The Morgan fingerprint density at radius 2 is 2.44 bits per heavy atom. The zero-order valence-corrected chi connectivity index (χ0v) is 8.98. The maximum atomic E-state index is 12.0. The molecule has 16 heavy (non-hydrogen) atoms. The molecule has 0 amide bonds. The number of hydrogen-bond acceptors (Lipinski definition) is 4. The molecule has 0 bridgehead atoms. The van der Waals surface area contributed by atoms with E-state index < -0.39 is 6.10 Å². The molecule has 5 heteroatoms. The fourth-order valence-electron chi connectivity index (χ4n) is 1.86. The molecule has 1 aliphatic rings. The largest absolute Gasteiger partial charge is 0.353 e. The Kier molecular flexibility index (Phi) is 3.02. The second kappa shape index (κ2) is 4.45. The van der Waals surface area contributed by atoms with Crippen LogP contribution in [0.3, 0.4) is 0 Å². The van der Waals surface area contributed by atoms with E-state index in [-0.39, 0.29) is 0 Å². The summed E-state index contributed by atoms with van der Waals surface area (Å²) >= 11 is 0. The lowest BCUT2D eigenvalue weighted by atomic mass is 10.2. The Hall–Kier alpha value is -1.67. The Morgan fingerprint density at radius 1 is 1.62 bits per heavy atom. The highest BCUT2D eigenvalue weighted by molar-refractivity contribution is 5.55. The summed E-state index contributed by atoms with van der Waals surface area (Å²) in [7, 11) is 0. The highest BCUT2D eigenvalue weighted by Gasteiger charge is 2.26. The number of nitriles is 1. The van der Waals surface area contributed by atoms with Crippen LogP contribution in [-0.4, -0.2) is 24.2 Å². The molecule has 2 heterocycles. The maximum absolute atomic E-state index is 12.0. The Bertz CT molecular complexity index is 430. The van der Waals surface area contributed by atoms with Gasteiger partial charge in [-0.1, -0.05) is 0 Å². The number of aryl methyl sites for hydroxylation is 1. The molecule has 0 N–H and O–H groups in total. The van der Waals surface area contributed by atoms with Gasteiger partial charge in [-0.05, 0) is 30.0 Å². The summed E-state index contributed by atoms with van der Waals surface area (Å²) < 4.78 is 12.0. The Balaban J connectivity index is 2.27. The van der Waals surface area contributed by atoms with Crippen LogP contribution in [0.5, 0.6) is 0 Å². The number of halogens is 1. The lowest BCUT2D eigenvalue weighted by Gasteiger charge is -2.18. The number of rotatable bonds is 2. The quantitative estimate of drug-likeness (QED) is 0.763. The summed E-state index contributed by atoms with van der Waals surface area (Å²) in [6.07, 6.45) is 0.214. The van der Waals surface area contributed by atoms with Crippen LogP contribution in [0, 0.1) is 18.3 Å². The first kappa shape index (κ1) is 10.8. The van der Waals surface area contributed by atoms with Gasteiger partial charge in [0.1, 0.15) is 18.0 Å². The van der Waals surface area contributed by atoms with E-state index >= 15 is 0 Å². The minimum absolute atomic E-state index is 0.408. The third-order valence-electron chi connectivity index (χ3n) is 2.71. The highest BCUT2D eigenvalue weighted by atomic mass is 19.3. The summed E-state index contributed by atoms with van der Waals surface area (Å²) in [5, 5.41) is 8.97. The maximum Gasteiger partial charge on any atom is 0.146 e. The smallest absolute Gasteiger partial charge is 0.146 e. The summed E-state index contributed by atoms with van der Waals surface area (Å²) in [5.74, 6) is 0.627. The third kappa shape index (κ3) is 1.97. The van der Waals surface area contributed by atoms with E-state index in [1.54, 1.807) is 12.1 Å². The zero-order valence-electron chi connectivity index (χ0n) is 8.98. The lowest BCUT2D eigenvalue weighted by molar-refractivity contribution is -0.170. The average molecular weight is 221 g/mol. The predicted octanol–water partition coefficient (Wildman–Crippen LogP) is 1.74. The van der Waals surface area contributed by atoms with Crippen LogP contribution >= 0.6 is 0 Å². The van der Waals surface area contributed by atoms with E-state index in [0.29, 0.717) is 30.9 Å². The fourth-order valence-corrected chi connectivity index (χ4v) is 1.86. The van der Waals surface area contributed by atoms with Crippen LogP contribution < -0.4 is 4.90 Å². The van der Waals surface area contributed by atoms with E-state index in [2.05, 4.69) is 16.0 Å². The van der Waals surface area contributed by atoms with E-state index in [0.717, 1.165) is 5.69 Å². The van der Waals surface area contributed by atoms with Gasteiger partial charge in [0.05, 0.1) is 5.56 Å². The lowest BCUT2D eigenvalue weighted by Crippen LogP contribution is -2.23. The monoisotopic (exact) mass is 221 g/mol. The van der Waals surface area contributed by atoms with Crippen molar-refractivity contribution in [2.24, 2.45) is 0 Å². The van der Waals surface area contributed by atoms with Crippen LogP contribution in [0.2, 0.25) is 0 Å². The van der Waals surface area contributed by atoms with E-state index in [9.17, 15) is 4.53 Å². The van der Waals surface area contributed by atoms with E-state index in [4.69, 9.17) is 5.26 Å². The summed E-state index contributed by atoms with van der Waals surface area (Å²) in [4.78, 5) is 10.0. The molecule has 1 saturated heterocycles. The number of pyridine rings is 1. The number of hydrogen-bond donors (Lipinski definition) is 0. The van der Waals surface area contributed by atoms with Crippen molar-refractivity contribution < 1.29 is 9.47 Å². The van der Waals surface area contributed by atoms with Gasteiger partial charge < -0.3 is 4.90 Å². The molecule has 1 fully saturated rings. The minimum atomic E-state index is -0.408. The van der Waals surface area contributed by atoms with E-state index in [1.807, 2.05) is 11.8 Å². The van der Waals surface area contributed by atoms with Crippen molar-refractivity contribution in [1.82, 2.24) is 4.98 Å². The predicted molar refractivity (Wildman–Crippen MR) is 56.5 cm³/mol. The van der Waals surface area contributed by atoms with Crippen LogP contribution in [0.25, 0.3) is 0 Å². The molecule has 1 unspecified atom stereocenters. The van der Waals surface area contributed by atoms with Gasteiger partial charge in [0.25, 0.3) is 0 Å². The standard InChI is InChI=1S/C11H12FN3O/c1-8-2-3-9(6-13)11(14-8)15-5-4-10(7-15)16-12/h2-3,10H,4-5,7H2,1H3. The normalized spacial score (nSPS) is 19.8. The van der Waals surface area contributed by atoms with Gasteiger partial charge in [0.15, 0.2) is 0 Å². The average Bonchev–Trinajstić information content (AvgIpc) is 2.77. The number of nitrogens with zero attached hydrogens (tertiary/aromatic N) is 3. The van der Waals surface area contributed by atoms with Crippen molar-refractivity contribution in [3.8, 4) is 6.07 Å². The molecule has 1 aliphatic heterocycles. The van der Waals surface area contributed by atoms with E-state index in [1.165, 1.54) is 0 Å². The van der Waals surface area contributed by atoms with Crippen LogP contribution in [0.4, 0.5) is 10.3 Å². The first-order valence-corrected chi connectivity index (χ1v) is 5.14. The number of anilines is 1. The molecule has 2 rings (SSSR count). The number of aromatic nitrogens is 1. The summed E-state index contributed by atoms with van der Waals surface area (Å²) in [6.45, 7) is 2.98. The molecular weight excluding hydrogens is 209 g/mol. The molecule has 4 nitrogen and oxygen atoms in total. The molecule has 0 radical (unpaired) electrons. The molecular formula is C11H12FN3O. The second-order valence-corrected chi connectivity index (χ2v) is 3.88. The summed E-state index contributed by atoms with van der Waals surface area (Å²) in [5.41, 5.74) is 1.36. The molecule has 1 aromatic rings. The SMILES string of the molecule is Cc1ccc(C#N)c(N2CCC(OF)C2)n1.